The minimum Gasteiger partial charge on any atom is -0.223 e. The zero-order valence-electron chi connectivity index (χ0n) is 14.6. The molecular weight excluding hydrogens is 292 g/mol. The van der Waals surface area contributed by atoms with Gasteiger partial charge in [0.25, 0.3) is 0 Å². The molecule has 0 radical (unpaired) electrons. The molecule has 2 unspecified atom stereocenters. The molecule has 0 amide bonds. The van der Waals surface area contributed by atoms with Gasteiger partial charge in [-0.15, -0.1) is 0 Å². The molecule has 1 aliphatic heterocycles. The van der Waals surface area contributed by atoms with Gasteiger partial charge < -0.3 is 0 Å². The Labute approximate surface area is 135 Å². The predicted octanol–water partition coefficient (Wildman–Crippen LogP) is 4.88. The van der Waals surface area contributed by atoms with E-state index in [-0.39, 0.29) is 11.2 Å². The van der Waals surface area contributed by atoms with Crippen LogP contribution in [0.2, 0.25) is 0 Å². The lowest BCUT2D eigenvalue weighted by Crippen LogP contribution is -2.35. The molecule has 3 rings (SSSR count). The van der Waals surface area contributed by atoms with Gasteiger partial charge in [0, 0.05) is 5.92 Å². The maximum absolute atomic E-state index is 12.7. The zero-order chi connectivity index (χ0) is 16.9. The summed E-state index contributed by atoms with van der Waals surface area (Å²) in [6.45, 7) is 11.9. The molecule has 0 fully saturated rings. The summed E-state index contributed by atoms with van der Waals surface area (Å²) in [5, 5.41) is -0.378. The predicted molar refractivity (Wildman–Crippen MR) is 94.9 cm³/mol. The lowest BCUT2D eigenvalue weighted by atomic mass is 9.90. The van der Waals surface area contributed by atoms with E-state index in [2.05, 4.69) is 0 Å². The van der Waals surface area contributed by atoms with Gasteiger partial charge in [0.05, 0.1) is 10.1 Å². The van der Waals surface area contributed by atoms with Gasteiger partial charge in [0.1, 0.15) is 0 Å². The summed E-state index contributed by atoms with van der Waals surface area (Å²) in [5.74, 6) is 0.0916. The van der Waals surface area contributed by atoms with Gasteiger partial charge in [-0.1, -0.05) is 63.6 Å². The summed E-state index contributed by atoms with van der Waals surface area (Å²) < 4.78 is 25.3. The molecule has 0 saturated heterocycles. The summed E-state index contributed by atoms with van der Waals surface area (Å²) in [6, 6.07) is 5.75. The van der Waals surface area contributed by atoms with Gasteiger partial charge in [-0.3, -0.25) is 0 Å². The Bertz CT molecular complexity index is 667. The zero-order valence-corrected chi connectivity index (χ0v) is 15.4. The Morgan fingerprint density at radius 1 is 1.05 bits per heavy atom. The first-order valence-corrected chi connectivity index (χ1v) is 9.73. The van der Waals surface area contributed by atoms with Crippen LogP contribution in [-0.2, 0) is 16.3 Å². The van der Waals surface area contributed by atoms with Crippen molar-refractivity contribution in [3.05, 3.63) is 53.1 Å². The Morgan fingerprint density at radius 2 is 1.68 bits per heavy atom. The summed E-state index contributed by atoms with van der Waals surface area (Å²) in [6.07, 6.45) is 6.78. The summed E-state index contributed by atoms with van der Waals surface area (Å²) >= 11 is 0. The van der Waals surface area contributed by atoms with Crippen molar-refractivity contribution in [1.82, 2.24) is 0 Å². The molecule has 0 saturated carbocycles. The first kappa shape index (κ1) is 18.7. The van der Waals surface area contributed by atoms with Crippen LogP contribution in [0.15, 0.2) is 46.9 Å². The average Bonchev–Trinajstić information content (AvgIpc) is 2.53. The minimum absolute atomic E-state index is 0.0916. The number of hydrogen-bond donors (Lipinski definition) is 0. The van der Waals surface area contributed by atoms with Crippen LogP contribution in [0.25, 0.3) is 0 Å². The van der Waals surface area contributed by atoms with Crippen LogP contribution in [0.5, 0.6) is 0 Å². The van der Waals surface area contributed by atoms with E-state index in [9.17, 15) is 8.42 Å². The largest absolute Gasteiger partial charge is 0.223 e. The van der Waals surface area contributed by atoms with E-state index in [4.69, 9.17) is 0 Å². The molecule has 0 N–H and O–H groups in total. The molecule has 2 atom stereocenters. The fourth-order valence-electron chi connectivity index (χ4n) is 2.82. The highest BCUT2D eigenvalue weighted by atomic mass is 32.2. The molecule has 0 aromatic heterocycles. The third-order valence-corrected chi connectivity index (χ3v) is 5.99. The van der Waals surface area contributed by atoms with Crippen molar-refractivity contribution in [2.24, 2.45) is 5.92 Å². The maximum atomic E-state index is 12.7. The van der Waals surface area contributed by atoms with Crippen molar-refractivity contribution in [3.63, 3.8) is 0 Å². The van der Waals surface area contributed by atoms with Crippen LogP contribution >= 0.6 is 0 Å². The van der Waals surface area contributed by atoms with E-state index in [0.29, 0.717) is 4.90 Å². The van der Waals surface area contributed by atoms with Crippen molar-refractivity contribution in [2.45, 2.75) is 58.1 Å². The van der Waals surface area contributed by atoms with Crippen molar-refractivity contribution in [1.29, 1.82) is 0 Å². The molecule has 0 spiro atoms. The SMILES string of the molecule is CC.CC.CC1=CC2C(C=C1)Cc1ccc(C)cc1S2(=O)=O. The van der Waals surface area contributed by atoms with Crippen molar-refractivity contribution < 1.29 is 8.42 Å². The van der Waals surface area contributed by atoms with E-state index in [1.165, 1.54) is 0 Å². The third-order valence-electron chi connectivity index (χ3n) is 3.80. The Morgan fingerprint density at radius 3 is 2.32 bits per heavy atom. The lowest BCUT2D eigenvalue weighted by molar-refractivity contribution is 0.541. The molecule has 1 aromatic rings. The first-order chi connectivity index (χ1) is 10.5. The standard InChI is InChI=1S/C15H16O2S.2C2H6/c1-10-3-5-12-9-13-6-4-11(2)8-15(13)18(16,17)14(12)7-10;2*1-2/h3-8,12,14H,9H2,1-2H3;2*1-2H3. The summed E-state index contributed by atoms with van der Waals surface area (Å²) in [5.41, 5.74) is 3.00. The van der Waals surface area contributed by atoms with Crippen molar-refractivity contribution in [3.8, 4) is 0 Å². The number of allylic oxidation sites excluding steroid dienone is 3. The van der Waals surface area contributed by atoms with Crippen molar-refractivity contribution >= 4 is 9.84 Å². The number of benzene rings is 1. The Hall–Kier alpha value is -1.35. The smallest absolute Gasteiger partial charge is 0.185 e. The van der Waals surface area contributed by atoms with E-state index < -0.39 is 9.84 Å². The second-order valence-corrected chi connectivity index (χ2v) is 7.33. The van der Waals surface area contributed by atoms with Crippen LogP contribution in [0.1, 0.15) is 45.7 Å². The third kappa shape index (κ3) is 3.52. The van der Waals surface area contributed by atoms with Gasteiger partial charge in [-0.25, -0.2) is 8.42 Å². The van der Waals surface area contributed by atoms with E-state index in [1.807, 2.05) is 78.0 Å². The Balaban J connectivity index is 0.000000561. The molecule has 1 aliphatic carbocycles. The monoisotopic (exact) mass is 320 g/mol. The van der Waals surface area contributed by atoms with Gasteiger partial charge in [0.15, 0.2) is 9.84 Å². The number of sulfone groups is 1. The topological polar surface area (TPSA) is 34.1 Å². The quantitative estimate of drug-likeness (QED) is 0.683. The normalized spacial score (nSPS) is 23.6. The highest BCUT2D eigenvalue weighted by molar-refractivity contribution is 7.92. The highest BCUT2D eigenvalue weighted by Gasteiger charge is 2.39. The highest BCUT2D eigenvalue weighted by Crippen LogP contribution is 2.37. The van der Waals surface area contributed by atoms with E-state index >= 15 is 0 Å². The molecule has 1 aromatic carbocycles. The van der Waals surface area contributed by atoms with Gasteiger partial charge >= 0.3 is 0 Å². The van der Waals surface area contributed by atoms with Crippen LogP contribution < -0.4 is 0 Å². The fourth-order valence-corrected chi connectivity index (χ4v) is 5.02. The second-order valence-electron chi connectivity index (χ2n) is 5.26. The molecule has 3 heteroatoms. The molecule has 0 bridgehead atoms. The second kappa shape index (κ2) is 7.77. The molecular formula is C19H28O2S. The summed E-state index contributed by atoms with van der Waals surface area (Å²) in [4.78, 5) is 0.531. The van der Waals surface area contributed by atoms with E-state index in [1.54, 1.807) is 0 Å². The number of rotatable bonds is 0. The molecule has 22 heavy (non-hydrogen) atoms. The lowest BCUT2D eigenvalue weighted by Gasteiger charge is -2.31. The van der Waals surface area contributed by atoms with E-state index in [0.717, 1.165) is 23.1 Å². The molecule has 2 nitrogen and oxygen atoms in total. The Kier molecular flexibility index (Phi) is 6.61. The summed E-state index contributed by atoms with van der Waals surface area (Å²) in [7, 11) is -3.23. The number of hydrogen-bond acceptors (Lipinski definition) is 2. The van der Waals surface area contributed by atoms with Crippen molar-refractivity contribution in [2.75, 3.05) is 0 Å². The van der Waals surface area contributed by atoms with Crippen LogP contribution in [-0.4, -0.2) is 13.7 Å². The van der Waals surface area contributed by atoms with Gasteiger partial charge in [0.2, 0.25) is 0 Å². The van der Waals surface area contributed by atoms with Gasteiger partial charge in [-0.05, 0) is 37.5 Å². The fraction of sp³-hybridized carbons (Fsp3) is 0.474. The number of aryl methyl sites for hydroxylation is 1. The number of fused-ring (bicyclic) bond motifs is 2. The van der Waals surface area contributed by atoms with Crippen LogP contribution in [0, 0.1) is 12.8 Å². The molecule has 2 aliphatic rings. The maximum Gasteiger partial charge on any atom is 0.185 e. The molecule has 122 valence electrons. The minimum atomic E-state index is -3.23. The molecule has 1 heterocycles. The first-order valence-electron chi connectivity index (χ1n) is 8.18. The van der Waals surface area contributed by atoms with Gasteiger partial charge in [-0.2, -0.15) is 0 Å². The average molecular weight is 320 g/mol. The van der Waals surface area contributed by atoms with Crippen LogP contribution in [0.3, 0.4) is 0 Å². The van der Waals surface area contributed by atoms with Crippen LogP contribution in [0.4, 0.5) is 0 Å².